The summed E-state index contributed by atoms with van der Waals surface area (Å²) in [5.74, 6) is 1.97. The lowest BCUT2D eigenvalue weighted by molar-refractivity contribution is -0.123. The van der Waals surface area contributed by atoms with Crippen molar-refractivity contribution >= 4 is 16.9 Å². The molecule has 4 aromatic rings. The number of nitrogens with one attached hydrogen (secondary N) is 1. The van der Waals surface area contributed by atoms with Gasteiger partial charge < -0.3 is 28.7 Å². The van der Waals surface area contributed by atoms with Crippen LogP contribution in [0.3, 0.4) is 0 Å². The molecule has 0 saturated heterocycles. The van der Waals surface area contributed by atoms with Gasteiger partial charge in [0.2, 0.25) is 0 Å². The molecule has 0 radical (unpaired) electrons. The van der Waals surface area contributed by atoms with Crippen molar-refractivity contribution < 1.29 is 28.2 Å². The molecule has 0 aliphatic carbocycles. The highest BCUT2D eigenvalue weighted by molar-refractivity contribution is 5.83. The van der Waals surface area contributed by atoms with Crippen LogP contribution >= 0.6 is 0 Å². The zero-order valence-corrected chi connectivity index (χ0v) is 19.6. The molecule has 35 heavy (non-hydrogen) atoms. The maximum Gasteiger partial charge on any atom is 0.258 e. The number of ether oxygens (including phenoxy) is 4. The van der Waals surface area contributed by atoms with Crippen LogP contribution in [0, 0.1) is 0 Å². The Kier molecular flexibility index (Phi) is 7.21. The number of methoxy groups -OCH3 is 3. The second-order valence-corrected chi connectivity index (χ2v) is 7.62. The first kappa shape index (κ1) is 23.7. The van der Waals surface area contributed by atoms with Crippen LogP contribution in [0.4, 0.5) is 0 Å². The van der Waals surface area contributed by atoms with E-state index in [1.807, 2.05) is 24.3 Å². The zero-order chi connectivity index (χ0) is 24.8. The fourth-order valence-electron chi connectivity index (χ4n) is 3.55. The minimum Gasteiger partial charge on any atom is -0.497 e. The van der Waals surface area contributed by atoms with Gasteiger partial charge in [0.15, 0.2) is 23.5 Å². The number of rotatable bonds is 9. The van der Waals surface area contributed by atoms with Crippen LogP contribution < -0.4 is 29.7 Å². The first-order valence-corrected chi connectivity index (χ1v) is 10.8. The molecule has 180 valence electrons. The predicted octanol–water partition coefficient (Wildman–Crippen LogP) is 4.18. The standard InChI is InChI=1S/C27H25NO7/c1-31-19-7-4-17(5-8-19)14-28-26(29)16-34-20-9-10-21-24(13-20)35-15-22(27(21)30)18-6-11-23(32-2)25(12-18)33-3/h4-13,15H,14,16H2,1-3H3,(H,28,29). The van der Waals surface area contributed by atoms with E-state index >= 15 is 0 Å². The summed E-state index contributed by atoms with van der Waals surface area (Å²) in [6, 6.07) is 17.5. The van der Waals surface area contributed by atoms with E-state index in [1.165, 1.54) is 13.4 Å². The number of benzene rings is 3. The van der Waals surface area contributed by atoms with Crippen LogP contribution in [-0.4, -0.2) is 33.8 Å². The van der Waals surface area contributed by atoms with E-state index in [4.69, 9.17) is 23.4 Å². The quantitative estimate of drug-likeness (QED) is 0.388. The Morgan fingerprint density at radius 3 is 2.31 bits per heavy atom. The van der Waals surface area contributed by atoms with Gasteiger partial charge in [-0.05, 0) is 47.5 Å². The Morgan fingerprint density at radius 1 is 0.857 bits per heavy atom. The average Bonchev–Trinajstić information content (AvgIpc) is 2.90. The lowest BCUT2D eigenvalue weighted by Gasteiger charge is -2.10. The van der Waals surface area contributed by atoms with Crippen molar-refractivity contribution in [1.82, 2.24) is 5.32 Å². The van der Waals surface area contributed by atoms with Crippen molar-refractivity contribution in [3.05, 3.63) is 82.7 Å². The largest absolute Gasteiger partial charge is 0.497 e. The fraction of sp³-hybridized carbons (Fsp3) is 0.185. The van der Waals surface area contributed by atoms with E-state index < -0.39 is 0 Å². The number of fused-ring (bicyclic) bond motifs is 1. The zero-order valence-electron chi connectivity index (χ0n) is 19.6. The topological polar surface area (TPSA) is 96.2 Å². The molecule has 1 amide bonds. The monoisotopic (exact) mass is 475 g/mol. The van der Waals surface area contributed by atoms with E-state index in [1.54, 1.807) is 50.6 Å². The summed E-state index contributed by atoms with van der Waals surface area (Å²) in [6.07, 6.45) is 1.40. The summed E-state index contributed by atoms with van der Waals surface area (Å²) in [5.41, 5.74) is 2.15. The van der Waals surface area contributed by atoms with Gasteiger partial charge in [0.05, 0.1) is 32.3 Å². The van der Waals surface area contributed by atoms with Crippen molar-refractivity contribution in [2.75, 3.05) is 27.9 Å². The van der Waals surface area contributed by atoms with E-state index in [0.29, 0.717) is 45.9 Å². The molecule has 0 unspecified atom stereocenters. The predicted molar refractivity (Wildman–Crippen MR) is 131 cm³/mol. The summed E-state index contributed by atoms with van der Waals surface area (Å²) in [7, 11) is 4.68. The lowest BCUT2D eigenvalue weighted by Crippen LogP contribution is -2.28. The van der Waals surface area contributed by atoms with Gasteiger partial charge in [-0.1, -0.05) is 18.2 Å². The number of carbonyl (C=O) groups is 1. The molecule has 0 spiro atoms. The van der Waals surface area contributed by atoms with Crippen LogP contribution in [0.5, 0.6) is 23.0 Å². The second-order valence-electron chi connectivity index (χ2n) is 7.62. The highest BCUT2D eigenvalue weighted by atomic mass is 16.5. The molecule has 0 bridgehead atoms. The van der Waals surface area contributed by atoms with Crippen molar-refractivity contribution in [1.29, 1.82) is 0 Å². The van der Waals surface area contributed by atoms with Crippen molar-refractivity contribution in [2.45, 2.75) is 6.54 Å². The number of hydrogen-bond acceptors (Lipinski definition) is 7. The van der Waals surface area contributed by atoms with Crippen LogP contribution in [0.2, 0.25) is 0 Å². The number of hydrogen-bond donors (Lipinski definition) is 1. The SMILES string of the molecule is COc1ccc(CNC(=O)COc2ccc3c(=O)c(-c4ccc(OC)c(OC)c4)coc3c2)cc1. The van der Waals surface area contributed by atoms with Gasteiger partial charge in [0.1, 0.15) is 23.3 Å². The molecule has 1 heterocycles. The van der Waals surface area contributed by atoms with Gasteiger partial charge in [-0.15, -0.1) is 0 Å². The summed E-state index contributed by atoms with van der Waals surface area (Å²) in [4.78, 5) is 25.3. The smallest absolute Gasteiger partial charge is 0.258 e. The molecule has 8 nitrogen and oxygen atoms in total. The average molecular weight is 475 g/mol. The van der Waals surface area contributed by atoms with Gasteiger partial charge in [-0.25, -0.2) is 0 Å². The third-order valence-corrected chi connectivity index (χ3v) is 5.46. The molecule has 0 fully saturated rings. The van der Waals surface area contributed by atoms with Gasteiger partial charge in [0.25, 0.3) is 5.91 Å². The molecular weight excluding hydrogens is 450 g/mol. The fourth-order valence-corrected chi connectivity index (χ4v) is 3.55. The van der Waals surface area contributed by atoms with Crippen LogP contribution in [0.25, 0.3) is 22.1 Å². The molecule has 0 aliphatic rings. The molecule has 8 heteroatoms. The Balaban J connectivity index is 1.43. The normalized spacial score (nSPS) is 10.6. The lowest BCUT2D eigenvalue weighted by atomic mass is 10.0. The minimum absolute atomic E-state index is 0.171. The van der Waals surface area contributed by atoms with E-state index in [9.17, 15) is 9.59 Å². The van der Waals surface area contributed by atoms with E-state index in [2.05, 4.69) is 5.32 Å². The molecule has 4 rings (SSSR count). The third kappa shape index (κ3) is 5.38. The summed E-state index contributed by atoms with van der Waals surface area (Å²) in [6.45, 7) is 0.202. The second kappa shape index (κ2) is 10.6. The summed E-state index contributed by atoms with van der Waals surface area (Å²) in [5, 5.41) is 3.20. The Bertz CT molecular complexity index is 1390. The first-order valence-electron chi connectivity index (χ1n) is 10.8. The maximum atomic E-state index is 13.1. The molecule has 0 atom stereocenters. The molecule has 1 aromatic heterocycles. The van der Waals surface area contributed by atoms with Gasteiger partial charge in [0, 0.05) is 12.6 Å². The van der Waals surface area contributed by atoms with Crippen molar-refractivity contribution in [3.63, 3.8) is 0 Å². The highest BCUT2D eigenvalue weighted by Gasteiger charge is 2.13. The van der Waals surface area contributed by atoms with Gasteiger partial charge in [-0.3, -0.25) is 9.59 Å². The Hall–Kier alpha value is -4.46. The minimum atomic E-state index is -0.272. The van der Waals surface area contributed by atoms with Gasteiger partial charge >= 0.3 is 0 Å². The van der Waals surface area contributed by atoms with Crippen molar-refractivity contribution in [2.24, 2.45) is 0 Å². The Morgan fingerprint density at radius 2 is 1.60 bits per heavy atom. The van der Waals surface area contributed by atoms with Crippen LogP contribution in [0.15, 0.2) is 76.1 Å². The first-order chi connectivity index (χ1) is 17.0. The van der Waals surface area contributed by atoms with Crippen LogP contribution in [-0.2, 0) is 11.3 Å². The molecule has 3 aromatic carbocycles. The van der Waals surface area contributed by atoms with E-state index in [-0.39, 0.29) is 17.9 Å². The maximum absolute atomic E-state index is 13.1. The highest BCUT2D eigenvalue weighted by Crippen LogP contribution is 2.32. The summed E-state index contributed by atoms with van der Waals surface area (Å²) >= 11 is 0. The molecule has 1 N–H and O–H groups in total. The van der Waals surface area contributed by atoms with Crippen LogP contribution in [0.1, 0.15) is 5.56 Å². The molecule has 0 aliphatic heterocycles. The van der Waals surface area contributed by atoms with Gasteiger partial charge in [-0.2, -0.15) is 0 Å². The number of amides is 1. The third-order valence-electron chi connectivity index (χ3n) is 5.46. The summed E-state index contributed by atoms with van der Waals surface area (Å²) < 4.78 is 27.0. The number of carbonyl (C=O) groups excluding carboxylic acids is 1. The molecular formula is C27H25NO7. The Labute approximate surface area is 202 Å². The molecule has 0 saturated carbocycles. The van der Waals surface area contributed by atoms with E-state index in [0.717, 1.165) is 11.3 Å². The van der Waals surface area contributed by atoms with Crippen molar-refractivity contribution in [3.8, 4) is 34.1 Å².